The van der Waals surface area contributed by atoms with E-state index in [1.807, 2.05) is 25.6 Å². The second kappa shape index (κ2) is 11.7. The standard InChI is InChI=1S/C19H27N5.HI/c1-4-5-6-12-23(3)19(20-2)22-14-17-7-9-18(10-8-17)15-24-13-11-21-16-24;/h4,7-11,13,16H,1,5-6,12,14-15H2,2-3H3,(H,20,22);1H. The Kier molecular flexibility index (Phi) is 9.91. The Balaban J connectivity index is 0.00000312. The lowest BCUT2D eigenvalue weighted by Crippen LogP contribution is -2.38. The summed E-state index contributed by atoms with van der Waals surface area (Å²) in [5.74, 6) is 0.918. The molecule has 0 saturated carbocycles. The van der Waals surface area contributed by atoms with Gasteiger partial charge in [0.2, 0.25) is 0 Å². The summed E-state index contributed by atoms with van der Waals surface area (Å²) in [6.07, 6.45) is 9.68. The van der Waals surface area contributed by atoms with Crippen molar-refractivity contribution in [3.8, 4) is 0 Å². The molecule has 1 heterocycles. The van der Waals surface area contributed by atoms with Crippen molar-refractivity contribution in [2.45, 2.75) is 25.9 Å². The molecule has 1 N–H and O–H groups in total. The van der Waals surface area contributed by atoms with Crippen LogP contribution >= 0.6 is 24.0 Å². The van der Waals surface area contributed by atoms with Gasteiger partial charge >= 0.3 is 0 Å². The molecule has 0 fully saturated rings. The van der Waals surface area contributed by atoms with Gasteiger partial charge in [-0.05, 0) is 24.0 Å². The number of rotatable bonds is 8. The van der Waals surface area contributed by atoms with Gasteiger partial charge in [0.05, 0.1) is 6.33 Å². The van der Waals surface area contributed by atoms with Gasteiger partial charge in [-0.1, -0.05) is 30.3 Å². The summed E-state index contributed by atoms with van der Waals surface area (Å²) in [7, 11) is 3.88. The molecule has 0 aliphatic carbocycles. The lowest BCUT2D eigenvalue weighted by atomic mass is 10.1. The average molecular weight is 453 g/mol. The third-order valence-corrected chi connectivity index (χ3v) is 3.87. The molecule has 136 valence electrons. The van der Waals surface area contributed by atoms with Crippen LogP contribution < -0.4 is 5.32 Å². The summed E-state index contributed by atoms with van der Waals surface area (Å²) in [5, 5.41) is 3.41. The number of allylic oxidation sites excluding steroid dienone is 1. The van der Waals surface area contributed by atoms with E-state index in [0.717, 1.165) is 38.4 Å². The fourth-order valence-corrected chi connectivity index (χ4v) is 2.50. The Bertz CT molecular complexity index is 634. The maximum atomic E-state index is 4.34. The van der Waals surface area contributed by atoms with E-state index in [4.69, 9.17) is 0 Å². The van der Waals surface area contributed by atoms with Gasteiger partial charge in [-0.3, -0.25) is 4.99 Å². The lowest BCUT2D eigenvalue weighted by Gasteiger charge is -2.22. The van der Waals surface area contributed by atoms with Crippen molar-refractivity contribution in [2.75, 3.05) is 20.6 Å². The zero-order valence-corrected chi connectivity index (χ0v) is 17.4. The van der Waals surface area contributed by atoms with E-state index in [9.17, 15) is 0 Å². The van der Waals surface area contributed by atoms with Crippen molar-refractivity contribution in [3.63, 3.8) is 0 Å². The Morgan fingerprint density at radius 2 is 2.04 bits per heavy atom. The number of imidazole rings is 1. The minimum Gasteiger partial charge on any atom is -0.352 e. The predicted octanol–water partition coefficient (Wildman–Crippen LogP) is 3.52. The van der Waals surface area contributed by atoms with E-state index in [1.165, 1.54) is 11.1 Å². The molecule has 1 aromatic carbocycles. The van der Waals surface area contributed by atoms with Crippen molar-refractivity contribution in [3.05, 3.63) is 66.8 Å². The van der Waals surface area contributed by atoms with Gasteiger partial charge in [0, 0.05) is 46.1 Å². The number of benzene rings is 1. The van der Waals surface area contributed by atoms with Crippen molar-refractivity contribution >= 4 is 29.9 Å². The number of halogens is 1. The van der Waals surface area contributed by atoms with Gasteiger partial charge in [-0.25, -0.2) is 4.98 Å². The number of unbranched alkanes of at least 4 members (excludes halogenated alkanes) is 1. The molecule has 0 radical (unpaired) electrons. The van der Waals surface area contributed by atoms with Crippen LogP contribution in [0.4, 0.5) is 0 Å². The average Bonchev–Trinajstić information content (AvgIpc) is 3.10. The van der Waals surface area contributed by atoms with Crippen LogP contribution in [0.5, 0.6) is 0 Å². The molecule has 0 saturated heterocycles. The molecular weight excluding hydrogens is 425 g/mol. The van der Waals surface area contributed by atoms with E-state index >= 15 is 0 Å². The molecule has 0 aliphatic heterocycles. The first kappa shape index (κ1) is 21.2. The molecule has 1 aromatic heterocycles. The summed E-state index contributed by atoms with van der Waals surface area (Å²) in [5.41, 5.74) is 2.51. The molecule has 0 aliphatic rings. The second-order valence-corrected chi connectivity index (χ2v) is 5.80. The molecule has 0 amide bonds. The molecule has 0 atom stereocenters. The van der Waals surface area contributed by atoms with Crippen molar-refractivity contribution < 1.29 is 0 Å². The quantitative estimate of drug-likeness (QED) is 0.219. The van der Waals surface area contributed by atoms with Gasteiger partial charge in [-0.15, -0.1) is 30.6 Å². The summed E-state index contributed by atoms with van der Waals surface area (Å²) >= 11 is 0. The monoisotopic (exact) mass is 453 g/mol. The highest BCUT2D eigenvalue weighted by Gasteiger charge is 2.05. The molecule has 5 nitrogen and oxygen atoms in total. The van der Waals surface area contributed by atoms with E-state index in [0.29, 0.717) is 0 Å². The second-order valence-electron chi connectivity index (χ2n) is 5.80. The molecule has 0 spiro atoms. The molecular formula is C19H28IN5. The van der Waals surface area contributed by atoms with E-state index in [-0.39, 0.29) is 24.0 Å². The third-order valence-electron chi connectivity index (χ3n) is 3.87. The Labute approximate surface area is 167 Å². The zero-order chi connectivity index (χ0) is 17.2. The smallest absolute Gasteiger partial charge is 0.193 e. The number of hydrogen-bond donors (Lipinski definition) is 1. The van der Waals surface area contributed by atoms with E-state index in [1.54, 1.807) is 6.20 Å². The van der Waals surface area contributed by atoms with Crippen LogP contribution in [0.15, 0.2) is 60.6 Å². The van der Waals surface area contributed by atoms with Gasteiger partial charge < -0.3 is 14.8 Å². The molecule has 2 rings (SSSR count). The van der Waals surface area contributed by atoms with Crippen LogP contribution in [-0.2, 0) is 13.1 Å². The van der Waals surface area contributed by atoms with Crippen LogP contribution in [0.1, 0.15) is 24.0 Å². The minimum absolute atomic E-state index is 0. The lowest BCUT2D eigenvalue weighted by molar-refractivity contribution is 0.470. The maximum absolute atomic E-state index is 4.34. The minimum atomic E-state index is 0. The summed E-state index contributed by atoms with van der Waals surface area (Å²) < 4.78 is 2.06. The number of nitrogens with one attached hydrogen (secondary N) is 1. The van der Waals surface area contributed by atoms with Crippen LogP contribution in [0.2, 0.25) is 0 Å². The highest BCUT2D eigenvalue weighted by molar-refractivity contribution is 14.0. The van der Waals surface area contributed by atoms with Gasteiger partial charge in [0.1, 0.15) is 0 Å². The largest absolute Gasteiger partial charge is 0.352 e. The number of guanidine groups is 1. The van der Waals surface area contributed by atoms with Gasteiger partial charge in [0.15, 0.2) is 5.96 Å². The number of nitrogens with zero attached hydrogens (tertiary/aromatic N) is 4. The SMILES string of the molecule is C=CCCCN(C)C(=NC)NCc1ccc(Cn2ccnc2)cc1.I. The normalized spacial score (nSPS) is 10.9. The molecule has 0 unspecified atom stereocenters. The van der Waals surface area contributed by atoms with Crippen LogP contribution in [0.3, 0.4) is 0 Å². The molecule has 0 bridgehead atoms. The van der Waals surface area contributed by atoms with Crippen molar-refractivity contribution in [1.82, 2.24) is 19.8 Å². The molecule has 2 aromatic rings. The van der Waals surface area contributed by atoms with Crippen LogP contribution in [0.25, 0.3) is 0 Å². The Morgan fingerprint density at radius 3 is 2.64 bits per heavy atom. The zero-order valence-electron chi connectivity index (χ0n) is 15.1. The summed E-state index contributed by atoms with van der Waals surface area (Å²) in [6, 6.07) is 8.63. The predicted molar refractivity (Wildman–Crippen MR) is 115 cm³/mol. The fraction of sp³-hybridized carbons (Fsp3) is 0.368. The topological polar surface area (TPSA) is 45.5 Å². The Hall–Kier alpha value is -1.83. The van der Waals surface area contributed by atoms with Gasteiger partial charge in [-0.2, -0.15) is 0 Å². The number of aliphatic imine (C=N–C) groups is 1. The van der Waals surface area contributed by atoms with Gasteiger partial charge in [0.25, 0.3) is 0 Å². The highest BCUT2D eigenvalue weighted by atomic mass is 127. The first-order chi connectivity index (χ1) is 11.7. The number of hydrogen-bond acceptors (Lipinski definition) is 2. The highest BCUT2D eigenvalue weighted by Crippen LogP contribution is 2.06. The maximum Gasteiger partial charge on any atom is 0.193 e. The first-order valence-corrected chi connectivity index (χ1v) is 8.29. The van der Waals surface area contributed by atoms with Crippen LogP contribution in [0, 0.1) is 0 Å². The summed E-state index contributed by atoms with van der Waals surface area (Å²) in [6.45, 7) is 6.34. The molecule has 6 heteroatoms. The fourth-order valence-electron chi connectivity index (χ4n) is 2.50. The van der Waals surface area contributed by atoms with E-state index < -0.39 is 0 Å². The summed E-state index contributed by atoms with van der Waals surface area (Å²) in [4.78, 5) is 10.6. The number of aromatic nitrogens is 2. The van der Waals surface area contributed by atoms with Crippen molar-refractivity contribution in [1.29, 1.82) is 0 Å². The Morgan fingerprint density at radius 1 is 1.32 bits per heavy atom. The first-order valence-electron chi connectivity index (χ1n) is 8.29. The van der Waals surface area contributed by atoms with Crippen LogP contribution in [-0.4, -0.2) is 41.1 Å². The third kappa shape index (κ3) is 7.29. The van der Waals surface area contributed by atoms with Crippen molar-refractivity contribution in [2.24, 2.45) is 4.99 Å². The molecule has 25 heavy (non-hydrogen) atoms. The van der Waals surface area contributed by atoms with E-state index in [2.05, 4.69) is 62.7 Å².